The Labute approximate surface area is 272 Å². The Bertz CT molecular complexity index is 787. The van der Waals surface area contributed by atoms with Gasteiger partial charge in [-0.1, -0.05) is 117 Å². The minimum atomic E-state index is -1.38. The molecule has 0 aromatic carbocycles. The summed E-state index contributed by atoms with van der Waals surface area (Å²) in [6.07, 6.45) is 19.7. The maximum absolute atomic E-state index is 13.5. The van der Waals surface area contributed by atoms with E-state index in [1.165, 1.54) is 51.4 Å². The fourth-order valence-corrected chi connectivity index (χ4v) is 5.56. The summed E-state index contributed by atoms with van der Waals surface area (Å²) in [6, 6.07) is -2.60. The van der Waals surface area contributed by atoms with E-state index in [0.717, 1.165) is 56.3 Å². The average molecular weight is 640 g/mol. The molecule has 0 aliphatic rings. The molecule has 0 fully saturated rings. The highest BCUT2D eigenvalue weighted by Gasteiger charge is 2.36. The van der Waals surface area contributed by atoms with Crippen LogP contribution in [0, 0.1) is 0 Å². The first kappa shape index (κ1) is 42.5. The molecule has 262 valence electrons. The number of imide groups is 1. The molecule has 10 nitrogen and oxygen atoms in total. The Morgan fingerprint density at radius 1 is 0.578 bits per heavy atom. The van der Waals surface area contributed by atoms with Gasteiger partial charge in [0.2, 0.25) is 17.7 Å². The van der Waals surface area contributed by atoms with Crippen LogP contribution in [0.25, 0.3) is 0 Å². The lowest BCUT2D eigenvalue weighted by atomic mass is 10.0. The van der Waals surface area contributed by atoms with Gasteiger partial charge in [-0.15, -0.1) is 0 Å². The molecule has 2 atom stereocenters. The van der Waals surface area contributed by atoms with Crippen molar-refractivity contribution in [1.29, 1.82) is 0 Å². The zero-order valence-corrected chi connectivity index (χ0v) is 28.5. The fraction of sp³-hybridized carbons (Fsp3) is 0.857. The highest BCUT2D eigenvalue weighted by atomic mass is 16.4. The van der Waals surface area contributed by atoms with Gasteiger partial charge >= 0.3 is 11.9 Å². The van der Waals surface area contributed by atoms with Crippen molar-refractivity contribution < 1.29 is 34.2 Å². The summed E-state index contributed by atoms with van der Waals surface area (Å²) in [5.74, 6) is -4.20. The maximum Gasteiger partial charge on any atom is 0.326 e. The number of nitrogens with one attached hydrogen (secondary N) is 1. The second-order valence-electron chi connectivity index (χ2n) is 12.4. The molecule has 0 rings (SSSR count). The van der Waals surface area contributed by atoms with Crippen molar-refractivity contribution >= 4 is 29.7 Å². The lowest BCUT2D eigenvalue weighted by Gasteiger charge is -2.30. The van der Waals surface area contributed by atoms with Gasteiger partial charge in [0.25, 0.3) is 0 Å². The predicted molar refractivity (Wildman–Crippen MR) is 179 cm³/mol. The highest BCUT2D eigenvalue weighted by molar-refractivity contribution is 6.01. The molecule has 3 amide bonds. The van der Waals surface area contributed by atoms with Gasteiger partial charge in [-0.3, -0.25) is 24.1 Å². The zero-order chi connectivity index (χ0) is 33.7. The van der Waals surface area contributed by atoms with E-state index in [2.05, 4.69) is 19.2 Å². The second-order valence-corrected chi connectivity index (χ2v) is 12.4. The second kappa shape index (κ2) is 28.9. The van der Waals surface area contributed by atoms with Gasteiger partial charge < -0.3 is 21.3 Å². The molecule has 0 heterocycles. The Morgan fingerprint density at radius 3 is 1.38 bits per heavy atom. The van der Waals surface area contributed by atoms with Gasteiger partial charge in [0.1, 0.15) is 12.1 Å². The molecule has 10 heteroatoms. The summed E-state index contributed by atoms with van der Waals surface area (Å²) in [5, 5.41) is 21.5. The molecule has 0 aromatic heterocycles. The van der Waals surface area contributed by atoms with Crippen molar-refractivity contribution in [3.8, 4) is 0 Å². The van der Waals surface area contributed by atoms with Crippen LogP contribution in [0.1, 0.15) is 174 Å². The molecule has 0 radical (unpaired) electrons. The van der Waals surface area contributed by atoms with Crippen LogP contribution in [0.15, 0.2) is 0 Å². The van der Waals surface area contributed by atoms with Crippen molar-refractivity contribution in [2.24, 2.45) is 5.73 Å². The summed E-state index contributed by atoms with van der Waals surface area (Å²) in [7, 11) is 0. The van der Waals surface area contributed by atoms with Gasteiger partial charge in [-0.05, 0) is 45.1 Å². The van der Waals surface area contributed by atoms with Crippen LogP contribution in [-0.2, 0) is 24.0 Å². The van der Waals surface area contributed by atoms with E-state index in [9.17, 15) is 34.2 Å². The maximum atomic E-state index is 13.5. The van der Waals surface area contributed by atoms with Gasteiger partial charge in [0.15, 0.2) is 0 Å². The van der Waals surface area contributed by atoms with Gasteiger partial charge in [-0.2, -0.15) is 0 Å². The quantitative estimate of drug-likeness (QED) is 0.0582. The van der Waals surface area contributed by atoms with Crippen LogP contribution in [-0.4, -0.2) is 63.4 Å². The van der Waals surface area contributed by atoms with Crippen molar-refractivity contribution in [2.45, 2.75) is 186 Å². The number of hydrogen-bond donors (Lipinski definition) is 4. The van der Waals surface area contributed by atoms with E-state index < -0.39 is 48.2 Å². The van der Waals surface area contributed by atoms with Gasteiger partial charge in [0, 0.05) is 19.3 Å². The lowest BCUT2D eigenvalue weighted by Crippen LogP contribution is -2.55. The van der Waals surface area contributed by atoms with Crippen molar-refractivity contribution in [3.05, 3.63) is 0 Å². The van der Waals surface area contributed by atoms with Crippen molar-refractivity contribution in [2.75, 3.05) is 6.54 Å². The molecule has 0 saturated heterocycles. The normalized spacial score (nSPS) is 12.4. The molecule has 0 aromatic rings. The summed E-state index contributed by atoms with van der Waals surface area (Å²) in [4.78, 5) is 64.8. The Kier molecular flexibility index (Phi) is 27.3. The first-order valence-electron chi connectivity index (χ1n) is 18.0. The number of carbonyl (C=O) groups is 5. The van der Waals surface area contributed by atoms with E-state index >= 15 is 0 Å². The molecule has 5 N–H and O–H groups in total. The van der Waals surface area contributed by atoms with Gasteiger partial charge in [-0.25, -0.2) is 4.79 Å². The number of aliphatic carboxylic acids is 2. The smallest absolute Gasteiger partial charge is 0.326 e. The molecule has 0 unspecified atom stereocenters. The largest absolute Gasteiger partial charge is 0.481 e. The molecule has 0 aliphatic carbocycles. The van der Waals surface area contributed by atoms with E-state index in [1.54, 1.807) is 0 Å². The summed E-state index contributed by atoms with van der Waals surface area (Å²) in [6.45, 7) is 4.76. The molecule has 0 aliphatic heterocycles. The van der Waals surface area contributed by atoms with Crippen LogP contribution in [0.5, 0.6) is 0 Å². The molecular weight excluding hydrogens is 574 g/mol. The molecule has 0 bridgehead atoms. The standard InChI is InChI=1S/C35H65N3O7/c1-3-5-7-9-11-13-15-17-19-24-31(39)38(32(40)25-20-18-16-14-12-10-8-6-4-2)30(26-27-33(41)42)34(43)37-29(35(44)45)23-21-22-28-36/h29-30H,3-28,36H2,1-2H3,(H,37,43)(H,41,42)(H,44,45)/t29-,30-/m0/s1. The Morgan fingerprint density at radius 2 is 1.00 bits per heavy atom. The van der Waals surface area contributed by atoms with Crippen LogP contribution in [0.2, 0.25) is 0 Å². The Hall–Kier alpha value is -2.49. The molecule has 0 saturated carbocycles. The van der Waals surface area contributed by atoms with E-state index in [1.807, 2.05) is 0 Å². The topological polar surface area (TPSA) is 167 Å². The number of carboxylic acids is 2. The molecular formula is C35H65N3O7. The van der Waals surface area contributed by atoms with Crippen molar-refractivity contribution in [3.63, 3.8) is 0 Å². The Balaban J connectivity index is 5.49. The fourth-order valence-electron chi connectivity index (χ4n) is 5.56. The van der Waals surface area contributed by atoms with E-state index in [-0.39, 0.29) is 25.7 Å². The molecule has 45 heavy (non-hydrogen) atoms. The lowest BCUT2D eigenvalue weighted by molar-refractivity contribution is -0.154. The first-order chi connectivity index (χ1) is 21.7. The van der Waals surface area contributed by atoms with Crippen LogP contribution < -0.4 is 11.1 Å². The summed E-state index contributed by atoms with van der Waals surface area (Å²) in [5.41, 5.74) is 5.52. The zero-order valence-electron chi connectivity index (χ0n) is 28.5. The number of nitrogens with two attached hydrogens (primary N) is 1. The minimum Gasteiger partial charge on any atom is -0.481 e. The number of rotatable bonds is 31. The van der Waals surface area contributed by atoms with Crippen LogP contribution in [0.4, 0.5) is 0 Å². The highest BCUT2D eigenvalue weighted by Crippen LogP contribution is 2.18. The van der Waals surface area contributed by atoms with Crippen molar-refractivity contribution in [1.82, 2.24) is 10.2 Å². The van der Waals surface area contributed by atoms with Crippen LogP contribution in [0.3, 0.4) is 0 Å². The minimum absolute atomic E-state index is 0.0784. The number of unbranched alkanes of at least 4 members (excludes halogenated alkanes) is 17. The summed E-state index contributed by atoms with van der Waals surface area (Å²) >= 11 is 0. The van der Waals surface area contributed by atoms with E-state index in [0.29, 0.717) is 32.2 Å². The number of amides is 3. The van der Waals surface area contributed by atoms with E-state index in [4.69, 9.17) is 5.73 Å². The monoisotopic (exact) mass is 639 g/mol. The number of nitrogens with zero attached hydrogens (tertiary/aromatic N) is 1. The molecule has 0 spiro atoms. The SMILES string of the molecule is CCCCCCCCCCCC(=O)N(C(=O)CCCCCCCCCCC)[C@@H](CCC(=O)O)C(=O)N[C@@H](CCCCN)C(=O)O. The third-order valence-electron chi connectivity index (χ3n) is 8.33. The van der Waals surface area contributed by atoms with Gasteiger partial charge in [0.05, 0.1) is 0 Å². The number of carbonyl (C=O) groups excluding carboxylic acids is 3. The first-order valence-corrected chi connectivity index (χ1v) is 18.0. The number of hydrogen-bond acceptors (Lipinski definition) is 6. The number of carboxylic acid groups (broad SMARTS) is 2. The predicted octanol–water partition coefficient (Wildman–Crippen LogP) is 7.12. The van der Waals surface area contributed by atoms with Crippen LogP contribution >= 0.6 is 0 Å². The third-order valence-corrected chi connectivity index (χ3v) is 8.33. The summed E-state index contributed by atoms with van der Waals surface area (Å²) < 4.78 is 0. The third kappa shape index (κ3) is 22.6. The average Bonchev–Trinajstić information content (AvgIpc) is 3.00.